The number of thioether (sulfide) groups is 1. The highest BCUT2D eigenvalue weighted by Crippen LogP contribution is 2.24. The Morgan fingerprint density at radius 1 is 1.50 bits per heavy atom. The molecule has 1 aromatic carbocycles. The number of benzene rings is 1. The van der Waals surface area contributed by atoms with Crippen molar-refractivity contribution in [3.63, 3.8) is 0 Å². The van der Waals surface area contributed by atoms with E-state index in [0.717, 1.165) is 24.0 Å². The average Bonchev–Trinajstić information content (AvgIpc) is 2.94. The first-order valence-corrected chi connectivity index (χ1v) is 7.63. The number of nitrogens with zero attached hydrogens (tertiary/aromatic N) is 1. The van der Waals surface area contributed by atoms with E-state index in [4.69, 9.17) is 11.6 Å². The lowest BCUT2D eigenvalue weighted by atomic mass is 10.2. The first-order chi connectivity index (χ1) is 9.49. The molecule has 1 heterocycles. The molecule has 1 aromatic rings. The van der Waals surface area contributed by atoms with E-state index in [-0.39, 0.29) is 16.8 Å². The lowest BCUT2D eigenvalue weighted by Gasteiger charge is -2.23. The number of carbonyl (C=O) groups excluding carboxylic acids is 2. The molecule has 1 fully saturated rings. The summed E-state index contributed by atoms with van der Waals surface area (Å²) in [5.74, 6) is -0.0456. The average molecular weight is 317 g/mol. The zero-order valence-corrected chi connectivity index (χ0v) is 12.4. The molecule has 1 saturated heterocycles. The van der Waals surface area contributed by atoms with Crippen molar-refractivity contribution >= 4 is 40.9 Å². The topological polar surface area (TPSA) is 49.4 Å². The van der Waals surface area contributed by atoms with Gasteiger partial charge in [-0.25, -0.2) is 4.39 Å². The monoisotopic (exact) mass is 316 g/mol. The minimum Gasteiger partial charge on any atom is -0.334 e. The third kappa shape index (κ3) is 3.43. The normalized spacial score (nSPS) is 17.9. The van der Waals surface area contributed by atoms with Crippen molar-refractivity contribution in [1.82, 2.24) is 4.90 Å². The molecule has 108 valence electrons. The fourth-order valence-corrected chi connectivity index (χ4v) is 3.40. The van der Waals surface area contributed by atoms with Crippen LogP contribution in [0.3, 0.4) is 0 Å². The molecule has 1 aliphatic rings. The quantitative estimate of drug-likeness (QED) is 0.852. The maximum absolute atomic E-state index is 12.9. The first-order valence-electron chi connectivity index (χ1n) is 6.10. The molecule has 4 nitrogen and oxygen atoms in total. The van der Waals surface area contributed by atoms with Crippen molar-refractivity contribution in [3.8, 4) is 0 Å². The van der Waals surface area contributed by atoms with Gasteiger partial charge in [-0.1, -0.05) is 11.6 Å². The Hall–Kier alpha value is -1.27. The summed E-state index contributed by atoms with van der Waals surface area (Å²) in [5, 5.41) is 2.47. The summed E-state index contributed by atoms with van der Waals surface area (Å²) >= 11 is 7.56. The minimum atomic E-state index is -0.766. The van der Waals surface area contributed by atoms with E-state index in [0.29, 0.717) is 0 Å². The molecule has 0 aromatic heterocycles. The van der Waals surface area contributed by atoms with E-state index in [2.05, 4.69) is 5.32 Å². The van der Waals surface area contributed by atoms with Gasteiger partial charge < -0.3 is 10.2 Å². The van der Waals surface area contributed by atoms with E-state index in [1.165, 1.54) is 17.0 Å². The lowest BCUT2D eigenvalue weighted by molar-refractivity contribution is -0.143. The maximum Gasteiger partial charge on any atom is 0.313 e. The molecule has 2 rings (SSSR count). The van der Waals surface area contributed by atoms with Crippen LogP contribution in [-0.2, 0) is 9.59 Å². The van der Waals surface area contributed by atoms with Crippen molar-refractivity contribution in [2.75, 3.05) is 23.9 Å². The maximum atomic E-state index is 12.9. The van der Waals surface area contributed by atoms with Crippen LogP contribution in [0.4, 0.5) is 10.1 Å². The van der Waals surface area contributed by atoms with Crippen molar-refractivity contribution in [2.45, 2.75) is 12.5 Å². The molecule has 0 spiro atoms. The second kappa shape index (κ2) is 6.45. The first kappa shape index (κ1) is 15.1. The van der Waals surface area contributed by atoms with E-state index in [1.807, 2.05) is 0 Å². The van der Waals surface area contributed by atoms with E-state index < -0.39 is 17.6 Å². The molecule has 7 heteroatoms. The third-order valence-corrected chi connectivity index (χ3v) is 4.60. The predicted octanol–water partition coefficient (Wildman–Crippen LogP) is 2.38. The molecule has 1 aliphatic heterocycles. The number of hydrogen-bond acceptors (Lipinski definition) is 3. The number of amides is 2. The fraction of sp³-hybridized carbons (Fsp3) is 0.385. The molecule has 0 unspecified atom stereocenters. The number of hydrogen-bond donors (Lipinski definition) is 1. The van der Waals surface area contributed by atoms with Gasteiger partial charge in [-0.15, -0.1) is 0 Å². The van der Waals surface area contributed by atoms with Gasteiger partial charge in [0.2, 0.25) is 0 Å². The lowest BCUT2D eigenvalue weighted by Crippen LogP contribution is -2.43. The number of likely N-dealkylation sites (N-methyl/N-ethyl adjacent to an activating group) is 1. The number of halogens is 2. The molecule has 0 radical (unpaired) electrons. The Morgan fingerprint density at radius 3 is 2.85 bits per heavy atom. The standard InChI is InChI=1S/C13H14ClFN2O2S/c1-17(9-4-5-20-7-9)13(19)12(18)16-11-3-2-8(15)6-10(11)14/h2-3,6,9H,4-5,7H2,1H3,(H,16,18)/t9-/m1/s1. The summed E-state index contributed by atoms with van der Waals surface area (Å²) in [7, 11) is 1.62. The Kier molecular flexibility index (Phi) is 4.88. The van der Waals surface area contributed by atoms with Gasteiger partial charge in [0.05, 0.1) is 10.7 Å². The SMILES string of the molecule is CN(C(=O)C(=O)Nc1ccc(F)cc1Cl)[C@@H]1CCSC1. The summed E-state index contributed by atoms with van der Waals surface area (Å²) < 4.78 is 12.9. The minimum absolute atomic E-state index is 0.0604. The molecule has 1 N–H and O–H groups in total. The largest absolute Gasteiger partial charge is 0.334 e. The van der Waals surface area contributed by atoms with Crippen LogP contribution in [0.25, 0.3) is 0 Å². The van der Waals surface area contributed by atoms with Crippen molar-refractivity contribution in [1.29, 1.82) is 0 Å². The molecule has 2 amide bonds. The van der Waals surface area contributed by atoms with Crippen LogP contribution in [-0.4, -0.2) is 41.3 Å². The number of carbonyl (C=O) groups is 2. The van der Waals surface area contributed by atoms with Crippen LogP contribution < -0.4 is 5.32 Å². The number of nitrogens with one attached hydrogen (secondary N) is 1. The van der Waals surface area contributed by atoms with Crippen molar-refractivity contribution in [3.05, 3.63) is 29.0 Å². The predicted molar refractivity (Wildman–Crippen MR) is 78.5 cm³/mol. The van der Waals surface area contributed by atoms with Crippen LogP contribution in [0.15, 0.2) is 18.2 Å². The Morgan fingerprint density at radius 2 is 2.25 bits per heavy atom. The van der Waals surface area contributed by atoms with Gasteiger partial charge in [-0.3, -0.25) is 9.59 Å². The summed E-state index contributed by atoms with van der Waals surface area (Å²) in [6.07, 6.45) is 0.886. The smallest absolute Gasteiger partial charge is 0.313 e. The molecule has 0 aliphatic carbocycles. The van der Waals surface area contributed by atoms with Crippen LogP contribution in [0.2, 0.25) is 5.02 Å². The second-order valence-electron chi connectivity index (χ2n) is 4.51. The zero-order valence-electron chi connectivity index (χ0n) is 10.9. The number of anilines is 1. The van der Waals surface area contributed by atoms with Crippen LogP contribution in [0, 0.1) is 5.82 Å². The highest BCUT2D eigenvalue weighted by atomic mass is 35.5. The molecular formula is C13H14ClFN2O2S. The van der Waals surface area contributed by atoms with Gasteiger partial charge in [0, 0.05) is 18.8 Å². The van der Waals surface area contributed by atoms with Gasteiger partial charge in [0.1, 0.15) is 5.82 Å². The summed E-state index contributed by atoms with van der Waals surface area (Å²) in [6.45, 7) is 0. The molecule has 0 saturated carbocycles. The molecule has 20 heavy (non-hydrogen) atoms. The Balaban J connectivity index is 2.01. The summed E-state index contributed by atoms with van der Waals surface area (Å²) in [5.41, 5.74) is 0.223. The second-order valence-corrected chi connectivity index (χ2v) is 6.07. The highest BCUT2D eigenvalue weighted by molar-refractivity contribution is 7.99. The van der Waals surface area contributed by atoms with Crippen LogP contribution >= 0.6 is 23.4 Å². The molecular weight excluding hydrogens is 303 g/mol. The van der Waals surface area contributed by atoms with Gasteiger partial charge in [-0.2, -0.15) is 11.8 Å². The molecule has 0 bridgehead atoms. The fourth-order valence-electron chi connectivity index (χ4n) is 1.92. The van der Waals surface area contributed by atoms with Crippen LogP contribution in [0.5, 0.6) is 0 Å². The highest BCUT2D eigenvalue weighted by Gasteiger charge is 2.28. The Labute approximate surface area is 125 Å². The molecule has 1 atom stereocenters. The van der Waals surface area contributed by atoms with Crippen molar-refractivity contribution in [2.24, 2.45) is 0 Å². The van der Waals surface area contributed by atoms with Crippen molar-refractivity contribution < 1.29 is 14.0 Å². The van der Waals surface area contributed by atoms with E-state index in [9.17, 15) is 14.0 Å². The van der Waals surface area contributed by atoms with Gasteiger partial charge >= 0.3 is 11.8 Å². The number of rotatable bonds is 2. The van der Waals surface area contributed by atoms with Crippen LogP contribution in [0.1, 0.15) is 6.42 Å². The van der Waals surface area contributed by atoms with Gasteiger partial charge in [0.25, 0.3) is 0 Å². The summed E-state index contributed by atoms with van der Waals surface area (Å²) in [6, 6.07) is 3.67. The zero-order chi connectivity index (χ0) is 14.7. The van der Waals surface area contributed by atoms with E-state index >= 15 is 0 Å². The third-order valence-electron chi connectivity index (χ3n) is 3.15. The van der Waals surface area contributed by atoms with E-state index in [1.54, 1.807) is 18.8 Å². The Bertz CT molecular complexity index is 535. The van der Waals surface area contributed by atoms with Gasteiger partial charge in [0.15, 0.2) is 0 Å². The van der Waals surface area contributed by atoms with Gasteiger partial charge in [-0.05, 0) is 30.4 Å². The summed E-state index contributed by atoms with van der Waals surface area (Å²) in [4.78, 5) is 25.3.